The number of nitrogens with zero attached hydrogens (tertiary/aromatic N) is 2. The van der Waals surface area contributed by atoms with Gasteiger partial charge in [0.15, 0.2) is 5.16 Å². The van der Waals surface area contributed by atoms with Crippen molar-refractivity contribution in [1.82, 2.24) is 9.55 Å². The van der Waals surface area contributed by atoms with E-state index in [1.165, 1.54) is 11.8 Å². The largest absolute Gasteiger partial charge is 0.491 e. The van der Waals surface area contributed by atoms with Crippen LogP contribution in [0.5, 0.6) is 5.75 Å². The zero-order valence-corrected chi connectivity index (χ0v) is 12.9. The van der Waals surface area contributed by atoms with Gasteiger partial charge in [-0.25, -0.2) is 4.98 Å². The molecule has 2 rings (SSSR count). The number of ether oxygens (including phenoxy) is 1. The van der Waals surface area contributed by atoms with Crippen LogP contribution < -0.4 is 4.74 Å². The molecule has 0 aliphatic carbocycles. The number of imidazole rings is 1. The molecule has 4 nitrogen and oxygen atoms in total. The fraction of sp³-hybridized carbons (Fsp3) is 0.308. The number of benzene rings is 1. The highest BCUT2D eigenvalue weighted by atomic mass is 79.9. The fourth-order valence-electron chi connectivity index (χ4n) is 1.43. The number of thioether (sulfide) groups is 1. The number of halogens is 1. The lowest BCUT2D eigenvalue weighted by Gasteiger charge is -2.12. The van der Waals surface area contributed by atoms with E-state index < -0.39 is 6.10 Å². The number of aliphatic hydroxyl groups is 1. The van der Waals surface area contributed by atoms with E-state index in [1.54, 1.807) is 6.20 Å². The van der Waals surface area contributed by atoms with Crippen molar-refractivity contribution in [3.8, 4) is 5.75 Å². The fourth-order valence-corrected chi connectivity index (χ4v) is 2.53. The van der Waals surface area contributed by atoms with E-state index in [1.807, 2.05) is 42.1 Å². The Bertz CT molecular complexity index is 516. The van der Waals surface area contributed by atoms with E-state index in [0.29, 0.717) is 5.75 Å². The molecular weight excluding hydrogens is 328 g/mol. The summed E-state index contributed by atoms with van der Waals surface area (Å²) in [5, 5.41) is 10.8. The molecule has 1 atom stereocenters. The molecule has 0 aliphatic rings. The summed E-state index contributed by atoms with van der Waals surface area (Å²) < 4.78 is 8.44. The SMILES string of the molecule is Cn1ccnc1SCC(O)COc1ccc(Br)cc1. The van der Waals surface area contributed by atoms with Crippen LogP contribution in [0.25, 0.3) is 0 Å². The van der Waals surface area contributed by atoms with Crippen molar-refractivity contribution >= 4 is 27.7 Å². The van der Waals surface area contributed by atoms with Crippen LogP contribution in [0.2, 0.25) is 0 Å². The van der Waals surface area contributed by atoms with Gasteiger partial charge in [0.2, 0.25) is 0 Å². The summed E-state index contributed by atoms with van der Waals surface area (Å²) in [4.78, 5) is 4.18. The quantitative estimate of drug-likeness (QED) is 0.820. The zero-order chi connectivity index (χ0) is 13.7. The van der Waals surface area contributed by atoms with Crippen LogP contribution in [-0.4, -0.2) is 33.1 Å². The van der Waals surface area contributed by atoms with E-state index in [2.05, 4.69) is 20.9 Å². The number of aromatic nitrogens is 2. The van der Waals surface area contributed by atoms with Crippen molar-refractivity contribution in [3.63, 3.8) is 0 Å². The highest BCUT2D eigenvalue weighted by molar-refractivity contribution is 9.10. The molecule has 0 amide bonds. The molecule has 0 fully saturated rings. The molecule has 2 aromatic rings. The van der Waals surface area contributed by atoms with Crippen molar-refractivity contribution in [2.75, 3.05) is 12.4 Å². The van der Waals surface area contributed by atoms with Crippen molar-refractivity contribution in [2.45, 2.75) is 11.3 Å². The van der Waals surface area contributed by atoms with E-state index in [9.17, 15) is 5.11 Å². The average Bonchev–Trinajstić information content (AvgIpc) is 2.81. The Hall–Kier alpha value is -0.980. The predicted octanol–water partition coefficient (Wildman–Crippen LogP) is 2.71. The number of hydrogen-bond donors (Lipinski definition) is 1. The van der Waals surface area contributed by atoms with Gasteiger partial charge >= 0.3 is 0 Å². The summed E-state index contributed by atoms with van der Waals surface area (Å²) in [6.07, 6.45) is 3.10. The van der Waals surface area contributed by atoms with Gasteiger partial charge in [-0.1, -0.05) is 27.7 Å². The summed E-state index contributed by atoms with van der Waals surface area (Å²) in [5.41, 5.74) is 0. The topological polar surface area (TPSA) is 47.3 Å². The van der Waals surface area contributed by atoms with Gasteiger partial charge in [0.25, 0.3) is 0 Å². The number of hydrogen-bond acceptors (Lipinski definition) is 4. The minimum atomic E-state index is -0.523. The molecule has 1 heterocycles. The summed E-state index contributed by atoms with van der Waals surface area (Å²) in [5.74, 6) is 1.31. The maximum atomic E-state index is 9.86. The lowest BCUT2D eigenvalue weighted by molar-refractivity contribution is 0.126. The Morgan fingerprint density at radius 2 is 2.16 bits per heavy atom. The van der Waals surface area contributed by atoms with Gasteiger partial charge in [-0.05, 0) is 24.3 Å². The van der Waals surface area contributed by atoms with E-state index in [4.69, 9.17) is 4.74 Å². The molecule has 6 heteroatoms. The Labute approximate surface area is 124 Å². The van der Waals surface area contributed by atoms with Crippen LogP contribution in [-0.2, 0) is 7.05 Å². The number of rotatable bonds is 6. The maximum Gasteiger partial charge on any atom is 0.167 e. The van der Waals surface area contributed by atoms with Gasteiger partial charge < -0.3 is 14.4 Å². The van der Waals surface area contributed by atoms with Crippen LogP contribution in [0.15, 0.2) is 46.3 Å². The zero-order valence-electron chi connectivity index (χ0n) is 10.5. The second kappa shape index (κ2) is 6.98. The average molecular weight is 343 g/mol. The molecule has 1 N–H and O–H groups in total. The molecule has 1 unspecified atom stereocenters. The van der Waals surface area contributed by atoms with Gasteiger partial charge in [-0.3, -0.25) is 0 Å². The molecule has 0 saturated carbocycles. The standard InChI is InChI=1S/C13H15BrN2O2S/c1-16-7-6-15-13(16)19-9-11(17)8-18-12-4-2-10(14)3-5-12/h2-7,11,17H,8-9H2,1H3. The van der Waals surface area contributed by atoms with Crippen molar-refractivity contribution in [1.29, 1.82) is 0 Å². The molecule has 102 valence electrons. The second-order valence-electron chi connectivity index (χ2n) is 4.05. The predicted molar refractivity (Wildman–Crippen MR) is 79.6 cm³/mol. The maximum absolute atomic E-state index is 9.86. The van der Waals surface area contributed by atoms with Crippen LogP contribution >= 0.6 is 27.7 Å². The Morgan fingerprint density at radius 3 is 2.79 bits per heavy atom. The highest BCUT2D eigenvalue weighted by Gasteiger charge is 2.08. The Morgan fingerprint density at radius 1 is 1.42 bits per heavy atom. The van der Waals surface area contributed by atoms with Crippen LogP contribution in [0.1, 0.15) is 0 Å². The molecule has 1 aromatic heterocycles. The monoisotopic (exact) mass is 342 g/mol. The second-order valence-corrected chi connectivity index (χ2v) is 5.95. The van der Waals surface area contributed by atoms with Crippen LogP contribution in [0, 0.1) is 0 Å². The first-order valence-electron chi connectivity index (χ1n) is 5.81. The summed E-state index contributed by atoms with van der Waals surface area (Å²) >= 11 is 4.88. The molecule has 0 bridgehead atoms. The lowest BCUT2D eigenvalue weighted by atomic mass is 10.3. The van der Waals surface area contributed by atoms with E-state index in [-0.39, 0.29) is 6.61 Å². The van der Waals surface area contributed by atoms with E-state index in [0.717, 1.165) is 15.4 Å². The minimum absolute atomic E-state index is 0.277. The number of aryl methyl sites for hydroxylation is 1. The molecule has 0 saturated heterocycles. The van der Waals surface area contributed by atoms with E-state index >= 15 is 0 Å². The highest BCUT2D eigenvalue weighted by Crippen LogP contribution is 2.18. The molecule has 1 aromatic carbocycles. The summed E-state index contributed by atoms with van der Waals surface area (Å²) in [7, 11) is 1.93. The third-order valence-electron chi connectivity index (χ3n) is 2.44. The molecule has 19 heavy (non-hydrogen) atoms. The van der Waals surface area contributed by atoms with Crippen LogP contribution in [0.4, 0.5) is 0 Å². The molecular formula is C13H15BrN2O2S. The minimum Gasteiger partial charge on any atom is -0.491 e. The smallest absolute Gasteiger partial charge is 0.167 e. The number of aliphatic hydroxyl groups excluding tert-OH is 1. The summed E-state index contributed by atoms with van der Waals surface area (Å²) in [6.45, 7) is 0.277. The first-order valence-corrected chi connectivity index (χ1v) is 7.59. The van der Waals surface area contributed by atoms with Crippen LogP contribution in [0.3, 0.4) is 0 Å². The van der Waals surface area contributed by atoms with Gasteiger partial charge in [0.1, 0.15) is 12.4 Å². The van der Waals surface area contributed by atoms with Gasteiger partial charge in [0, 0.05) is 29.7 Å². The summed E-state index contributed by atoms with van der Waals surface area (Å²) in [6, 6.07) is 7.54. The first-order chi connectivity index (χ1) is 9.15. The normalized spacial score (nSPS) is 12.4. The van der Waals surface area contributed by atoms with Gasteiger partial charge in [-0.2, -0.15) is 0 Å². The van der Waals surface area contributed by atoms with Crippen molar-refractivity contribution in [3.05, 3.63) is 41.1 Å². The Balaban J connectivity index is 1.74. The third-order valence-corrected chi connectivity index (χ3v) is 4.17. The van der Waals surface area contributed by atoms with Gasteiger partial charge in [0.05, 0.1) is 6.10 Å². The molecule has 0 radical (unpaired) electrons. The molecule has 0 spiro atoms. The first kappa shape index (κ1) is 14.4. The van der Waals surface area contributed by atoms with Gasteiger partial charge in [-0.15, -0.1) is 0 Å². The molecule has 0 aliphatic heterocycles. The van der Waals surface area contributed by atoms with Crippen molar-refractivity contribution < 1.29 is 9.84 Å². The Kier molecular flexibility index (Phi) is 5.30. The third kappa shape index (κ3) is 4.56. The van der Waals surface area contributed by atoms with Crippen molar-refractivity contribution in [2.24, 2.45) is 7.05 Å². The lowest BCUT2D eigenvalue weighted by Crippen LogP contribution is -2.20.